The van der Waals surface area contributed by atoms with E-state index in [-0.39, 0.29) is 5.91 Å². The zero-order chi connectivity index (χ0) is 6.73. The third kappa shape index (κ3) is 1.98. The lowest BCUT2D eigenvalue weighted by atomic mass is 10.3. The second-order valence-electron chi connectivity index (χ2n) is 1.31. The molecular formula is C5H9NO. The normalized spacial score (nSPS) is 9.71. The number of carbonyl (C=O) groups is 1. The second-order valence-corrected chi connectivity index (χ2v) is 1.31. The highest BCUT2D eigenvalue weighted by molar-refractivity contribution is 5.91. The lowest BCUT2D eigenvalue weighted by Gasteiger charge is -1.91. The average molecular weight is 100 g/mol. The summed E-state index contributed by atoms with van der Waals surface area (Å²) in [6, 6.07) is 0. The second kappa shape index (κ2) is 2.39. The van der Waals surface area contributed by atoms with Crippen LogP contribution >= 0.6 is 0 Å². The van der Waals surface area contributed by atoms with Crippen LogP contribution in [0.3, 0.4) is 0 Å². The van der Waals surface area contributed by atoms with E-state index in [1.54, 1.807) is 6.92 Å². The van der Waals surface area contributed by atoms with E-state index in [4.69, 9.17) is 1.41 Å². The van der Waals surface area contributed by atoms with Gasteiger partial charge >= 0.3 is 0 Å². The van der Waals surface area contributed by atoms with Gasteiger partial charge in [0.25, 0.3) is 0 Å². The van der Waals surface area contributed by atoms with Crippen LogP contribution in [0.4, 0.5) is 0 Å². The molecule has 2 heteroatoms. The smallest absolute Gasteiger partial charge is 0.246 e. The molecule has 0 saturated carbocycles. The number of hydrogen-bond donors (Lipinski definition) is 1. The number of carbonyl (C=O) groups excluding carboxylic acids is 1. The van der Waals surface area contributed by atoms with Crippen LogP contribution in [0.5, 0.6) is 0 Å². The van der Waals surface area contributed by atoms with Gasteiger partial charge in [-0.3, -0.25) is 4.79 Å². The van der Waals surface area contributed by atoms with Crippen molar-refractivity contribution in [1.82, 2.24) is 5.31 Å². The van der Waals surface area contributed by atoms with Crippen LogP contribution in [-0.2, 0) is 4.79 Å². The van der Waals surface area contributed by atoms with Crippen molar-refractivity contribution < 1.29 is 6.21 Å². The van der Waals surface area contributed by atoms with Crippen LogP contribution < -0.4 is 5.31 Å². The van der Waals surface area contributed by atoms with Crippen molar-refractivity contribution in [2.45, 2.75) is 6.92 Å². The summed E-state index contributed by atoms with van der Waals surface area (Å²) in [5.41, 5.74) is 0.391. The van der Waals surface area contributed by atoms with Crippen molar-refractivity contribution >= 4 is 5.91 Å². The van der Waals surface area contributed by atoms with Crippen LogP contribution in [0.1, 0.15) is 6.92 Å². The molecule has 0 aromatic rings. The highest BCUT2D eigenvalue weighted by Gasteiger charge is 1.92. The molecular weight excluding hydrogens is 90.1 g/mol. The number of likely N-dealkylation sites (N-methyl/N-ethyl adjacent to an activating group) is 1. The Morgan fingerprint density at radius 1 is 2.00 bits per heavy atom. The first-order valence-electron chi connectivity index (χ1n) is 2.43. The molecule has 40 valence electrons. The molecule has 1 N–H and O–H groups in total. The Balaban J connectivity index is 3.84. The fourth-order valence-corrected chi connectivity index (χ4v) is 0.191. The van der Waals surface area contributed by atoms with Gasteiger partial charge < -0.3 is 5.31 Å². The Morgan fingerprint density at radius 2 is 2.43 bits per heavy atom. The predicted molar refractivity (Wildman–Crippen MR) is 28.9 cm³/mol. The van der Waals surface area contributed by atoms with Gasteiger partial charge in [-0.1, -0.05) is 6.58 Å². The summed E-state index contributed by atoms with van der Waals surface area (Å²) in [7, 11) is 1.37. The third-order valence-electron chi connectivity index (χ3n) is 0.568. The largest absolute Gasteiger partial charge is 0.355 e. The zero-order valence-corrected chi connectivity index (χ0v) is 4.56. The zero-order valence-electron chi connectivity index (χ0n) is 5.56. The molecule has 0 heterocycles. The van der Waals surface area contributed by atoms with Gasteiger partial charge in [-0.2, -0.15) is 0 Å². The molecule has 0 unspecified atom stereocenters. The molecule has 0 rings (SSSR count). The summed E-state index contributed by atoms with van der Waals surface area (Å²) in [6.07, 6.45) is 0. The quantitative estimate of drug-likeness (QED) is 0.472. The summed E-state index contributed by atoms with van der Waals surface area (Å²) in [6.45, 7) is 4.94. The first-order valence-corrected chi connectivity index (χ1v) is 1.98. The molecule has 0 spiro atoms. The summed E-state index contributed by atoms with van der Waals surface area (Å²) in [5, 5.41) is 0.752. The molecule has 0 radical (unpaired) electrons. The van der Waals surface area contributed by atoms with Crippen LogP contribution in [0.15, 0.2) is 12.2 Å². The molecule has 0 bridgehead atoms. The van der Waals surface area contributed by atoms with E-state index in [1.165, 1.54) is 7.05 Å². The van der Waals surface area contributed by atoms with E-state index in [2.05, 4.69) is 6.58 Å². The minimum absolute atomic E-state index is 0.343. The third-order valence-corrected chi connectivity index (χ3v) is 0.568. The Hall–Kier alpha value is -0.790. The van der Waals surface area contributed by atoms with Gasteiger partial charge in [0.1, 0.15) is 0 Å². The molecule has 0 fully saturated rings. The molecule has 1 amide bonds. The number of amides is 1. The first kappa shape index (κ1) is 4.37. The Labute approximate surface area is 44.7 Å². The average Bonchev–Trinajstić information content (AvgIpc) is 1.64. The lowest BCUT2D eigenvalue weighted by molar-refractivity contribution is -0.116. The maximum absolute atomic E-state index is 10.5. The first-order chi connectivity index (χ1) is 3.55. The SMILES string of the molecule is [2H]N(C)C(=O)C(=C)C. The topological polar surface area (TPSA) is 29.1 Å². The molecule has 0 atom stereocenters. The summed E-state index contributed by atoms with van der Waals surface area (Å²) in [4.78, 5) is 10.5. The monoisotopic (exact) mass is 100 g/mol. The molecule has 0 aliphatic heterocycles. The van der Waals surface area contributed by atoms with Gasteiger partial charge in [0.05, 0.1) is 0 Å². The molecule has 7 heavy (non-hydrogen) atoms. The molecule has 0 aromatic heterocycles. The molecule has 0 aromatic carbocycles. The number of nitrogens with one attached hydrogen (secondary N) is 1. The van der Waals surface area contributed by atoms with Crippen molar-refractivity contribution in [3.05, 3.63) is 12.2 Å². The predicted octanol–water partition coefficient (Wildman–Crippen LogP) is 0.309. The van der Waals surface area contributed by atoms with E-state index < -0.39 is 0 Å². The van der Waals surface area contributed by atoms with Crippen LogP contribution in [-0.4, -0.2) is 13.0 Å². The van der Waals surface area contributed by atoms with Gasteiger partial charge in [-0.05, 0) is 6.92 Å². The van der Waals surface area contributed by atoms with Crippen molar-refractivity contribution in [3.63, 3.8) is 0 Å². The molecule has 0 aliphatic rings. The molecule has 0 saturated heterocycles. The fourth-order valence-electron chi connectivity index (χ4n) is 0.191. The summed E-state index contributed by atoms with van der Waals surface area (Å²) >= 11 is 0. The van der Waals surface area contributed by atoms with Crippen molar-refractivity contribution in [2.75, 3.05) is 7.05 Å². The highest BCUT2D eigenvalue weighted by Crippen LogP contribution is 1.81. The van der Waals surface area contributed by atoms with Crippen LogP contribution in [0, 0.1) is 0 Å². The highest BCUT2D eigenvalue weighted by atomic mass is 16.1. The van der Waals surface area contributed by atoms with Gasteiger partial charge in [0.2, 0.25) is 5.91 Å². The van der Waals surface area contributed by atoms with Crippen LogP contribution in [0.25, 0.3) is 0 Å². The van der Waals surface area contributed by atoms with Crippen LogP contribution in [0.2, 0.25) is 1.41 Å². The van der Waals surface area contributed by atoms with Gasteiger partial charge in [0.15, 0.2) is 1.41 Å². The maximum atomic E-state index is 10.5. The Kier molecular flexibility index (Phi) is 1.50. The van der Waals surface area contributed by atoms with E-state index >= 15 is 0 Å². The lowest BCUT2D eigenvalue weighted by Crippen LogP contribution is -2.17. The van der Waals surface area contributed by atoms with Crippen molar-refractivity contribution in [1.29, 1.82) is 0 Å². The minimum Gasteiger partial charge on any atom is -0.355 e. The fraction of sp³-hybridized carbons (Fsp3) is 0.400. The van der Waals surface area contributed by atoms with Crippen molar-refractivity contribution in [2.24, 2.45) is 0 Å². The molecule has 2 nitrogen and oxygen atoms in total. The van der Waals surface area contributed by atoms with Gasteiger partial charge in [0, 0.05) is 12.6 Å². The maximum Gasteiger partial charge on any atom is 0.246 e. The van der Waals surface area contributed by atoms with E-state index in [0.29, 0.717) is 5.57 Å². The minimum atomic E-state index is -0.343. The van der Waals surface area contributed by atoms with Gasteiger partial charge in [-0.15, -0.1) is 0 Å². The standard InChI is InChI=1S/C5H9NO/c1-4(2)5(7)6-3/h1H2,2-3H3,(H,6,7)/i/hD. The molecule has 0 aliphatic carbocycles. The Bertz CT molecular complexity index is 120. The Morgan fingerprint density at radius 3 is 2.43 bits per heavy atom. The number of rotatable bonds is 1. The summed E-state index contributed by atoms with van der Waals surface area (Å²) in [5.74, 6) is -0.343. The van der Waals surface area contributed by atoms with E-state index in [0.717, 1.165) is 5.31 Å². The van der Waals surface area contributed by atoms with Crippen molar-refractivity contribution in [3.8, 4) is 0 Å². The summed E-state index contributed by atoms with van der Waals surface area (Å²) < 4.78 is 6.74. The van der Waals surface area contributed by atoms with E-state index in [1.807, 2.05) is 0 Å². The van der Waals surface area contributed by atoms with E-state index in [9.17, 15) is 4.79 Å². The van der Waals surface area contributed by atoms with Gasteiger partial charge in [-0.25, -0.2) is 0 Å². The number of hydrogen-bond acceptors (Lipinski definition) is 1.